The van der Waals surface area contributed by atoms with Gasteiger partial charge in [-0.25, -0.2) is 0 Å². The average Bonchev–Trinajstić information content (AvgIpc) is 3.12. The number of aryl methyl sites for hydroxylation is 1. The fraction of sp³-hybridized carbons (Fsp3) is 0.625. The summed E-state index contributed by atoms with van der Waals surface area (Å²) in [5, 5.41) is 1.01. The molecule has 1 aromatic heterocycles. The van der Waals surface area contributed by atoms with Crippen molar-refractivity contribution in [2.24, 2.45) is 5.92 Å². The summed E-state index contributed by atoms with van der Waals surface area (Å²) >= 11 is 0. The Hall–Kier alpha value is -1.85. The second kappa shape index (κ2) is 8.88. The lowest BCUT2D eigenvalue weighted by Crippen LogP contribution is -2.48. The van der Waals surface area contributed by atoms with Crippen molar-refractivity contribution in [1.82, 2.24) is 14.7 Å². The predicted molar refractivity (Wildman–Crippen MR) is 117 cm³/mol. The van der Waals surface area contributed by atoms with Gasteiger partial charge in [-0.05, 0) is 103 Å². The monoisotopic (exact) mass is 397 g/mol. The highest BCUT2D eigenvalue weighted by molar-refractivity contribution is 5.97. The van der Waals surface area contributed by atoms with E-state index in [4.69, 9.17) is 4.42 Å². The van der Waals surface area contributed by atoms with E-state index >= 15 is 0 Å². The maximum Gasteiger partial charge on any atom is 0.253 e. The van der Waals surface area contributed by atoms with Gasteiger partial charge in [0.25, 0.3) is 5.91 Å². The van der Waals surface area contributed by atoms with Gasteiger partial charge in [0, 0.05) is 30.1 Å². The number of likely N-dealkylation sites (tertiary alicyclic amines) is 2. The Kier molecular flexibility index (Phi) is 6.26. The zero-order valence-corrected chi connectivity index (χ0v) is 18.2. The van der Waals surface area contributed by atoms with E-state index in [0.29, 0.717) is 5.92 Å². The van der Waals surface area contributed by atoms with E-state index in [2.05, 4.69) is 23.8 Å². The van der Waals surface area contributed by atoms with Gasteiger partial charge in [0.15, 0.2) is 0 Å². The zero-order chi connectivity index (χ0) is 20.4. The summed E-state index contributed by atoms with van der Waals surface area (Å²) in [7, 11) is 2.23. The van der Waals surface area contributed by atoms with Crippen LogP contribution in [-0.4, -0.2) is 73.0 Å². The lowest BCUT2D eigenvalue weighted by Gasteiger charge is -2.41. The molecule has 0 radical (unpaired) electrons. The highest BCUT2D eigenvalue weighted by atomic mass is 16.3. The molecule has 0 atom stereocenters. The zero-order valence-electron chi connectivity index (χ0n) is 18.2. The number of hydrogen-bond acceptors (Lipinski definition) is 4. The van der Waals surface area contributed by atoms with Crippen LogP contribution in [-0.2, 0) is 0 Å². The quantitative estimate of drug-likeness (QED) is 0.764. The number of fused-ring (bicyclic) bond motifs is 1. The maximum atomic E-state index is 13.1. The van der Waals surface area contributed by atoms with Crippen molar-refractivity contribution >= 4 is 16.9 Å². The number of furan rings is 1. The number of hydrogen-bond donors (Lipinski definition) is 0. The summed E-state index contributed by atoms with van der Waals surface area (Å²) in [6, 6.07) is 8.56. The maximum absolute atomic E-state index is 13.1. The van der Waals surface area contributed by atoms with E-state index in [-0.39, 0.29) is 5.91 Å². The first-order valence-corrected chi connectivity index (χ1v) is 11.3. The fourth-order valence-electron chi connectivity index (χ4n) is 5.02. The van der Waals surface area contributed by atoms with E-state index in [0.717, 1.165) is 41.4 Å². The van der Waals surface area contributed by atoms with Crippen molar-refractivity contribution in [3.05, 3.63) is 35.6 Å². The molecular formula is C24H35N3O2. The predicted octanol–water partition coefficient (Wildman–Crippen LogP) is 4.01. The molecule has 4 rings (SSSR count). The first-order chi connectivity index (χ1) is 14.0. The lowest BCUT2D eigenvalue weighted by atomic mass is 9.93. The third-order valence-electron chi connectivity index (χ3n) is 6.89. The number of carbonyl (C=O) groups excluding carboxylic acids is 1. The Morgan fingerprint density at radius 3 is 2.52 bits per heavy atom. The number of benzene rings is 1. The summed E-state index contributed by atoms with van der Waals surface area (Å²) in [6.07, 6.45) is 5.01. The largest absolute Gasteiger partial charge is 0.461 e. The van der Waals surface area contributed by atoms with Crippen LogP contribution in [0, 0.1) is 12.8 Å². The summed E-state index contributed by atoms with van der Waals surface area (Å²) in [5.41, 5.74) is 1.62. The Balaban J connectivity index is 1.33. The van der Waals surface area contributed by atoms with Crippen molar-refractivity contribution < 1.29 is 9.21 Å². The molecule has 2 aliphatic heterocycles. The van der Waals surface area contributed by atoms with E-state index in [9.17, 15) is 4.79 Å². The third kappa shape index (κ3) is 4.67. The molecule has 1 amide bonds. The molecule has 2 fully saturated rings. The molecule has 1 aromatic carbocycles. The molecule has 158 valence electrons. The van der Waals surface area contributed by atoms with E-state index in [1.807, 2.05) is 36.1 Å². The lowest BCUT2D eigenvalue weighted by molar-refractivity contribution is 0.0611. The second-order valence-electron chi connectivity index (χ2n) is 8.97. The molecule has 2 aromatic rings. The van der Waals surface area contributed by atoms with Gasteiger partial charge in [-0.3, -0.25) is 4.79 Å². The molecule has 2 saturated heterocycles. The summed E-state index contributed by atoms with van der Waals surface area (Å²) < 4.78 is 5.64. The molecule has 29 heavy (non-hydrogen) atoms. The third-order valence-corrected chi connectivity index (χ3v) is 6.89. The number of amides is 1. The molecule has 5 nitrogen and oxygen atoms in total. The molecule has 0 unspecified atom stereocenters. The first-order valence-electron chi connectivity index (χ1n) is 11.3. The number of piperidine rings is 2. The molecular weight excluding hydrogens is 362 g/mol. The molecule has 0 bridgehead atoms. The van der Waals surface area contributed by atoms with Crippen LogP contribution >= 0.6 is 0 Å². The molecule has 0 aliphatic carbocycles. The van der Waals surface area contributed by atoms with Crippen LogP contribution in [0.25, 0.3) is 11.0 Å². The molecule has 3 heterocycles. The standard InChI is InChI=1S/C24H35N3O2/c1-4-26(24(28)20-5-6-23-21(16-20)15-18(2)29-23)17-19-7-13-27(14-8-19)22-9-11-25(3)12-10-22/h5-6,15-16,19,22H,4,7-14,17H2,1-3H3. The highest BCUT2D eigenvalue weighted by Crippen LogP contribution is 2.25. The number of rotatable bonds is 5. The van der Waals surface area contributed by atoms with Gasteiger partial charge in [0.1, 0.15) is 11.3 Å². The van der Waals surface area contributed by atoms with Crippen molar-refractivity contribution in [3.63, 3.8) is 0 Å². The van der Waals surface area contributed by atoms with Crippen molar-refractivity contribution in [1.29, 1.82) is 0 Å². The minimum absolute atomic E-state index is 0.144. The van der Waals surface area contributed by atoms with Crippen LogP contribution in [0.2, 0.25) is 0 Å². The minimum Gasteiger partial charge on any atom is -0.461 e. The van der Waals surface area contributed by atoms with Gasteiger partial charge in [0.05, 0.1) is 0 Å². The Bertz CT molecular complexity index is 830. The van der Waals surface area contributed by atoms with Crippen molar-refractivity contribution in [3.8, 4) is 0 Å². The Labute approximate surface area is 174 Å². The molecule has 2 aliphatic rings. The van der Waals surface area contributed by atoms with Gasteiger partial charge < -0.3 is 19.1 Å². The van der Waals surface area contributed by atoms with Gasteiger partial charge in [-0.1, -0.05) is 0 Å². The van der Waals surface area contributed by atoms with Crippen molar-refractivity contribution in [2.45, 2.75) is 45.6 Å². The number of nitrogens with zero attached hydrogens (tertiary/aromatic N) is 3. The van der Waals surface area contributed by atoms with Gasteiger partial charge in [-0.2, -0.15) is 0 Å². The smallest absolute Gasteiger partial charge is 0.253 e. The van der Waals surface area contributed by atoms with Crippen LogP contribution in [0.3, 0.4) is 0 Å². The summed E-state index contributed by atoms with van der Waals surface area (Å²) in [4.78, 5) is 20.3. The number of carbonyl (C=O) groups is 1. The second-order valence-corrected chi connectivity index (χ2v) is 8.97. The average molecular weight is 398 g/mol. The van der Waals surface area contributed by atoms with E-state index < -0.39 is 0 Å². The van der Waals surface area contributed by atoms with Gasteiger partial charge >= 0.3 is 0 Å². The topological polar surface area (TPSA) is 39.9 Å². The Morgan fingerprint density at radius 1 is 1.10 bits per heavy atom. The normalized spacial score (nSPS) is 20.4. The van der Waals surface area contributed by atoms with Crippen LogP contribution in [0.15, 0.2) is 28.7 Å². The minimum atomic E-state index is 0.144. The molecule has 0 saturated carbocycles. The first kappa shape index (κ1) is 20.4. The van der Waals surface area contributed by atoms with Crippen molar-refractivity contribution in [2.75, 3.05) is 46.3 Å². The van der Waals surface area contributed by atoms with Gasteiger partial charge in [-0.15, -0.1) is 0 Å². The SMILES string of the molecule is CCN(CC1CCN(C2CCN(C)CC2)CC1)C(=O)c1ccc2oc(C)cc2c1. The van der Waals surface area contributed by atoms with E-state index in [1.54, 1.807) is 0 Å². The summed E-state index contributed by atoms with van der Waals surface area (Å²) in [5.74, 6) is 1.64. The van der Waals surface area contributed by atoms with Crippen LogP contribution in [0.4, 0.5) is 0 Å². The Morgan fingerprint density at radius 2 is 1.83 bits per heavy atom. The van der Waals surface area contributed by atoms with E-state index in [1.165, 1.54) is 51.9 Å². The highest BCUT2D eigenvalue weighted by Gasteiger charge is 2.29. The molecule has 0 N–H and O–H groups in total. The van der Waals surface area contributed by atoms with Crippen LogP contribution in [0.5, 0.6) is 0 Å². The van der Waals surface area contributed by atoms with Crippen LogP contribution in [0.1, 0.15) is 48.7 Å². The van der Waals surface area contributed by atoms with Gasteiger partial charge in [0.2, 0.25) is 0 Å². The summed E-state index contributed by atoms with van der Waals surface area (Å²) in [6.45, 7) is 10.5. The molecule has 5 heteroatoms. The van der Waals surface area contributed by atoms with Crippen LogP contribution < -0.4 is 0 Å². The molecule has 0 spiro atoms. The fourth-order valence-corrected chi connectivity index (χ4v) is 5.02.